The number of likely N-dealkylation sites (N-methyl/N-ethyl adjacent to an activating group) is 1. The summed E-state index contributed by atoms with van der Waals surface area (Å²) in [4.78, 5) is 7.22. The zero-order chi connectivity index (χ0) is 21.4. The van der Waals surface area contributed by atoms with Crippen molar-refractivity contribution in [2.24, 2.45) is 4.99 Å². The Bertz CT molecular complexity index is 699. The number of nitrogens with one attached hydrogen (secondary N) is 2. The monoisotopic (exact) mass is 544 g/mol. The number of ether oxygens (including phenoxy) is 2. The number of aryl methyl sites for hydroxylation is 1. The molecule has 31 heavy (non-hydrogen) atoms. The Kier molecular flexibility index (Phi) is 10.9. The van der Waals surface area contributed by atoms with Crippen LogP contribution in [0.25, 0.3) is 0 Å². The molecule has 1 aliphatic carbocycles. The highest BCUT2D eigenvalue weighted by atomic mass is 127. The van der Waals surface area contributed by atoms with Gasteiger partial charge >= 0.3 is 0 Å². The second kappa shape index (κ2) is 12.8. The first-order chi connectivity index (χ1) is 14.5. The molecule has 0 radical (unpaired) electrons. The third-order valence-corrected chi connectivity index (χ3v) is 6.53. The highest BCUT2D eigenvalue weighted by Crippen LogP contribution is 2.28. The van der Waals surface area contributed by atoms with Crippen molar-refractivity contribution in [3.05, 3.63) is 29.3 Å². The highest BCUT2D eigenvalue weighted by molar-refractivity contribution is 14.0. The molecule has 2 fully saturated rings. The summed E-state index contributed by atoms with van der Waals surface area (Å²) in [5.41, 5.74) is 2.49. The number of nitrogens with zero attached hydrogens (tertiary/aromatic N) is 2. The van der Waals surface area contributed by atoms with E-state index >= 15 is 0 Å². The Balaban J connectivity index is 0.00000341. The molecular weight excluding hydrogens is 503 g/mol. The second-order valence-electron chi connectivity index (χ2n) is 8.92. The zero-order valence-corrected chi connectivity index (χ0v) is 22.0. The molecule has 7 heteroatoms. The van der Waals surface area contributed by atoms with E-state index in [-0.39, 0.29) is 29.5 Å². The summed E-state index contributed by atoms with van der Waals surface area (Å²) in [7, 11) is 4.33. The van der Waals surface area contributed by atoms with E-state index in [0.29, 0.717) is 12.6 Å². The summed E-state index contributed by atoms with van der Waals surface area (Å²) in [6, 6.07) is 6.47. The van der Waals surface area contributed by atoms with E-state index in [9.17, 15) is 0 Å². The molecule has 1 heterocycles. The molecule has 1 aromatic rings. The predicted molar refractivity (Wildman–Crippen MR) is 139 cm³/mol. The van der Waals surface area contributed by atoms with Gasteiger partial charge in [0.05, 0.1) is 12.6 Å². The maximum Gasteiger partial charge on any atom is 0.191 e. The fraction of sp³-hybridized carbons (Fsp3) is 0.708. The normalized spacial score (nSPS) is 19.2. The topological polar surface area (TPSA) is 58.1 Å². The van der Waals surface area contributed by atoms with Crippen LogP contribution >= 0.6 is 24.0 Å². The molecule has 6 nitrogen and oxygen atoms in total. The van der Waals surface area contributed by atoms with Crippen molar-refractivity contribution in [3.8, 4) is 5.75 Å². The minimum Gasteiger partial charge on any atom is -0.490 e. The lowest BCUT2D eigenvalue weighted by atomic mass is 9.88. The van der Waals surface area contributed by atoms with Gasteiger partial charge in [-0.3, -0.25) is 0 Å². The third kappa shape index (κ3) is 7.49. The third-order valence-electron chi connectivity index (χ3n) is 6.53. The molecule has 1 aliphatic heterocycles. The van der Waals surface area contributed by atoms with E-state index in [4.69, 9.17) is 14.5 Å². The molecule has 2 aliphatic rings. The molecule has 176 valence electrons. The lowest BCUT2D eigenvalue weighted by Crippen LogP contribution is -2.57. The Hall–Kier alpha value is -1.06. The molecule has 3 rings (SSSR count). The molecule has 0 amide bonds. The maximum absolute atomic E-state index is 6.35. The Morgan fingerprint density at radius 1 is 1.19 bits per heavy atom. The summed E-state index contributed by atoms with van der Waals surface area (Å²) in [5.74, 6) is 1.85. The van der Waals surface area contributed by atoms with Crippen LogP contribution < -0.4 is 15.4 Å². The van der Waals surface area contributed by atoms with Crippen molar-refractivity contribution in [2.75, 3.05) is 40.4 Å². The van der Waals surface area contributed by atoms with E-state index < -0.39 is 0 Å². The molecule has 0 bridgehead atoms. The van der Waals surface area contributed by atoms with Crippen LogP contribution in [0.3, 0.4) is 0 Å². The number of benzene rings is 1. The van der Waals surface area contributed by atoms with Gasteiger partial charge in [0.15, 0.2) is 5.96 Å². The summed E-state index contributed by atoms with van der Waals surface area (Å²) in [6.07, 6.45) is 7.30. The van der Waals surface area contributed by atoms with Crippen LogP contribution in [0.1, 0.15) is 56.6 Å². The van der Waals surface area contributed by atoms with Crippen molar-refractivity contribution in [1.29, 1.82) is 0 Å². The minimum absolute atomic E-state index is 0. The molecule has 1 aromatic carbocycles. The smallest absolute Gasteiger partial charge is 0.191 e. The highest BCUT2D eigenvalue weighted by Gasteiger charge is 2.34. The van der Waals surface area contributed by atoms with Gasteiger partial charge in [-0.25, -0.2) is 4.99 Å². The van der Waals surface area contributed by atoms with Crippen LogP contribution in [0.2, 0.25) is 0 Å². The summed E-state index contributed by atoms with van der Waals surface area (Å²) in [5, 5.41) is 6.99. The SMILES string of the molecule is CCNC(=NCc1ccc(C)cc1OC1CCCC1)NCC1(N(C)C)CCOCC1.I. The fourth-order valence-electron chi connectivity index (χ4n) is 4.38. The number of guanidine groups is 1. The first-order valence-electron chi connectivity index (χ1n) is 11.6. The van der Waals surface area contributed by atoms with E-state index in [0.717, 1.165) is 69.3 Å². The number of hydrogen-bond donors (Lipinski definition) is 2. The van der Waals surface area contributed by atoms with Gasteiger partial charge in [0.25, 0.3) is 0 Å². The lowest BCUT2D eigenvalue weighted by Gasteiger charge is -2.43. The average Bonchev–Trinajstić information content (AvgIpc) is 3.25. The molecule has 0 unspecified atom stereocenters. The van der Waals surface area contributed by atoms with Crippen molar-refractivity contribution < 1.29 is 9.47 Å². The average molecular weight is 545 g/mol. The van der Waals surface area contributed by atoms with Crippen molar-refractivity contribution >= 4 is 29.9 Å². The quantitative estimate of drug-likeness (QED) is 0.293. The number of halogens is 1. The van der Waals surface area contributed by atoms with E-state index in [2.05, 4.69) is 61.7 Å². The van der Waals surface area contributed by atoms with Gasteiger partial charge in [-0.15, -0.1) is 24.0 Å². The molecule has 1 saturated carbocycles. The first-order valence-corrected chi connectivity index (χ1v) is 11.6. The molecule has 1 saturated heterocycles. The largest absolute Gasteiger partial charge is 0.490 e. The van der Waals surface area contributed by atoms with Gasteiger partial charge in [-0.2, -0.15) is 0 Å². The first kappa shape index (κ1) is 26.2. The van der Waals surface area contributed by atoms with Crippen molar-refractivity contribution in [2.45, 2.75) is 70.6 Å². The van der Waals surface area contributed by atoms with Crippen LogP contribution in [0.15, 0.2) is 23.2 Å². The number of hydrogen-bond acceptors (Lipinski definition) is 4. The van der Waals surface area contributed by atoms with E-state index in [1.807, 2.05) is 0 Å². The number of rotatable bonds is 8. The standard InChI is InChI=1S/C24H40N4O2.HI/c1-5-25-23(27-18-24(28(3)4)12-14-29-15-13-24)26-17-20-11-10-19(2)16-22(20)30-21-8-6-7-9-21;/h10-11,16,21H,5-9,12-15,17-18H2,1-4H3,(H2,25,26,27);1H. The van der Waals surface area contributed by atoms with Crippen molar-refractivity contribution in [1.82, 2.24) is 15.5 Å². The fourth-order valence-corrected chi connectivity index (χ4v) is 4.38. The summed E-state index contributed by atoms with van der Waals surface area (Å²) in [6.45, 7) is 8.16. The van der Waals surface area contributed by atoms with Crippen LogP contribution in [0, 0.1) is 6.92 Å². The molecular formula is C24H41IN4O2. The van der Waals surface area contributed by atoms with Gasteiger partial charge in [-0.1, -0.05) is 12.1 Å². The maximum atomic E-state index is 6.35. The van der Waals surface area contributed by atoms with Gasteiger partial charge < -0.3 is 25.0 Å². The Morgan fingerprint density at radius 2 is 1.90 bits per heavy atom. The number of aliphatic imine (C=N–C) groups is 1. The Labute approximate surface area is 205 Å². The van der Waals surface area contributed by atoms with Gasteiger partial charge in [0.2, 0.25) is 0 Å². The Morgan fingerprint density at radius 3 is 2.55 bits per heavy atom. The molecule has 0 spiro atoms. The van der Waals surface area contributed by atoms with Crippen LogP contribution in [-0.2, 0) is 11.3 Å². The zero-order valence-electron chi connectivity index (χ0n) is 19.7. The van der Waals surface area contributed by atoms with E-state index in [1.165, 1.54) is 18.4 Å². The van der Waals surface area contributed by atoms with Crippen LogP contribution in [0.5, 0.6) is 5.75 Å². The molecule has 0 aromatic heterocycles. The van der Waals surface area contributed by atoms with Gasteiger partial charge in [0, 0.05) is 37.4 Å². The summed E-state index contributed by atoms with van der Waals surface area (Å²) < 4.78 is 11.9. The lowest BCUT2D eigenvalue weighted by molar-refractivity contribution is -0.00501. The second-order valence-corrected chi connectivity index (χ2v) is 8.92. The minimum atomic E-state index is 0. The van der Waals surface area contributed by atoms with Crippen molar-refractivity contribution in [3.63, 3.8) is 0 Å². The van der Waals surface area contributed by atoms with E-state index in [1.54, 1.807) is 0 Å². The van der Waals surface area contributed by atoms with Gasteiger partial charge in [-0.05, 0) is 78.1 Å². The summed E-state index contributed by atoms with van der Waals surface area (Å²) >= 11 is 0. The van der Waals surface area contributed by atoms with Gasteiger partial charge in [0.1, 0.15) is 5.75 Å². The van der Waals surface area contributed by atoms with Crippen LogP contribution in [-0.4, -0.2) is 62.9 Å². The predicted octanol–water partition coefficient (Wildman–Crippen LogP) is 4.10. The molecule has 2 N–H and O–H groups in total. The van der Waals surface area contributed by atoms with Crippen LogP contribution in [0.4, 0.5) is 0 Å². The molecule has 0 atom stereocenters.